The topological polar surface area (TPSA) is 119 Å². The SMILES string of the molecule is Cn1cc(C(CC(N)=O)c2c(Cc3ccc4c(c3)CCO4)[nH][nH]c2=O)cn1. The summed E-state index contributed by atoms with van der Waals surface area (Å²) in [6.07, 6.45) is 4.93. The summed E-state index contributed by atoms with van der Waals surface area (Å²) < 4.78 is 7.19. The quantitative estimate of drug-likeness (QED) is 0.601. The minimum atomic E-state index is -0.468. The molecule has 1 aliphatic heterocycles. The molecule has 1 amide bonds. The van der Waals surface area contributed by atoms with Gasteiger partial charge in [-0.05, 0) is 22.8 Å². The first-order chi connectivity index (χ1) is 13.0. The number of carbonyl (C=O) groups excluding carboxylic acids is 1. The third kappa shape index (κ3) is 3.38. The van der Waals surface area contributed by atoms with E-state index in [1.54, 1.807) is 24.1 Å². The highest BCUT2D eigenvalue weighted by atomic mass is 16.5. The van der Waals surface area contributed by atoms with Gasteiger partial charge in [-0.3, -0.25) is 19.4 Å². The van der Waals surface area contributed by atoms with E-state index >= 15 is 0 Å². The number of carbonyl (C=O) groups is 1. The largest absolute Gasteiger partial charge is 0.493 e. The fourth-order valence-corrected chi connectivity index (χ4v) is 3.67. The predicted molar refractivity (Wildman–Crippen MR) is 98.7 cm³/mol. The number of ether oxygens (including phenoxy) is 1. The van der Waals surface area contributed by atoms with Crippen molar-refractivity contribution in [3.63, 3.8) is 0 Å². The van der Waals surface area contributed by atoms with Gasteiger partial charge in [-0.25, -0.2) is 0 Å². The first-order valence-corrected chi connectivity index (χ1v) is 8.82. The van der Waals surface area contributed by atoms with Crippen molar-refractivity contribution in [2.24, 2.45) is 12.8 Å². The Morgan fingerprint density at radius 1 is 1.41 bits per heavy atom. The lowest BCUT2D eigenvalue weighted by atomic mass is 9.88. The molecule has 8 nitrogen and oxygen atoms in total. The molecule has 1 aliphatic rings. The van der Waals surface area contributed by atoms with Crippen LogP contribution >= 0.6 is 0 Å². The summed E-state index contributed by atoms with van der Waals surface area (Å²) in [7, 11) is 1.79. The zero-order valence-electron chi connectivity index (χ0n) is 15.0. The first-order valence-electron chi connectivity index (χ1n) is 8.82. The van der Waals surface area contributed by atoms with Crippen LogP contribution in [0.4, 0.5) is 0 Å². The summed E-state index contributed by atoms with van der Waals surface area (Å²) in [5.41, 5.74) is 9.51. The van der Waals surface area contributed by atoms with Crippen LogP contribution in [0.1, 0.15) is 40.3 Å². The average molecular weight is 367 g/mol. The van der Waals surface area contributed by atoms with E-state index in [2.05, 4.69) is 21.4 Å². The van der Waals surface area contributed by atoms with Gasteiger partial charge < -0.3 is 15.6 Å². The summed E-state index contributed by atoms with van der Waals surface area (Å²) in [6.45, 7) is 0.701. The van der Waals surface area contributed by atoms with Crippen LogP contribution in [0, 0.1) is 0 Å². The van der Waals surface area contributed by atoms with Gasteiger partial charge >= 0.3 is 0 Å². The number of fused-ring (bicyclic) bond motifs is 1. The van der Waals surface area contributed by atoms with Crippen LogP contribution < -0.4 is 16.0 Å². The number of nitrogens with one attached hydrogen (secondary N) is 2. The molecule has 8 heteroatoms. The number of H-pyrrole nitrogens is 2. The number of rotatable bonds is 6. The van der Waals surface area contributed by atoms with Crippen molar-refractivity contribution < 1.29 is 9.53 Å². The molecular formula is C19H21N5O3. The molecule has 0 saturated heterocycles. The van der Waals surface area contributed by atoms with Gasteiger partial charge in [-0.2, -0.15) is 5.10 Å². The Balaban J connectivity index is 1.71. The van der Waals surface area contributed by atoms with Crippen molar-refractivity contribution in [3.8, 4) is 5.75 Å². The van der Waals surface area contributed by atoms with E-state index in [0.29, 0.717) is 18.6 Å². The molecule has 1 aromatic carbocycles. The predicted octanol–water partition coefficient (Wildman–Crippen LogP) is 0.969. The number of primary amides is 1. The maximum atomic E-state index is 12.5. The van der Waals surface area contributed by atoms with Crippen molar-refractivity contribution in [2.75, 3.05) is 6.61 Å². The number of benzene rings is 1. The number of nitrogens with zero attached hydrogens (tertiary/aromatic N) is 2. The van der Waals surface area contributed by atoms with Gasteiger partial charge in [0.05, 0.1) is 12.8 Å². The third-order valence-electron chi connectivity index (χ3n) is 4.91. The molecule has 1 unspecified atom stereocenters. The number of hydrogen-bond donors (Lipinski definition) is 3. The Bertz CT molecular complexity index is 1050. The van der Waals surface area contributed by atoms with Crippen molar-refractivity contribution in [1.82, 2.24) is 20.0 Å². The summed E-state index contributed by atoms with van der Waals surface area (Å²) in [5.74, 6) is 0.00698. The number of aryl methyl sites for hydroxylation is 1. The van der Waals surface area contributed by atoms with Crippen molar-refractivity contribution in [1.29, 1.82) is 0 Å². The summed E-state index contributed by atoms with van der Waals surface area (Å²) in [4.78, 5) is 24.2. The second-order valence-electron chi connectivity index (χ2n) is 6.86. The molecule has 0 radical (unpaired) electrons. The normalized spacial score (nSPS) is 14.0. The third-order valence-corrected chi connectivity index (χ3v) is 4.91. The van der Waals surface area contributed by atoms with Gasteiger partial charge in [-0.15, -0.1) is 0 Å². The zero-order valence-corrected chi connectivity index (χ0v) is 15.0. The second kappa shape index (κ2) is 6.79. The van der Waals surface area contributed by atoms with Crippen molar-refractivity contribution >= 4 is 5.91 Å². The van der Waals surface area contributed by atoms with E-state index in [1.165, 1.54) is 5.56 Å². The highest BCUT2D eigenvalue weighted by molar-refractivity contribution is 5.75. The number of aromatic nitrogens is 4. The van der Waals surface area contributed by atoms with Crippen LogP contribution in [-0.2, 0) is 24.7 Å². The molecule has 140 valence electrons. The van der Waals surface area contributed by atoms with Crippen LogP contribution in [0.15, 0.2) is 35.4 Å². The Morgan fingerprint density at radius 2 is 2.26 bits per heavy atom. The standard InChI is InChI=1S/C19H21N5O3/c1-24-10-13(9-21-24)14(8-17(20)25)18-15(22-23-19(18)26)7-11-2-3-16-12(6-11)4-5-27-16/h2-3,6,9-10,14H,4-5,7-8H2,1H3,(H2,20,25)(H2,22,23,26). The molecule has 0 saturated carbocycles. The molecular weight excluding hydrogens is 346 g/mol. The Hall–Kier alpha value is -3.29. The van der Waals surface area contributed by atoms with Gasteiger partial charge in [0.1, 0.15) is 5.75 Å². The van der Waals surface area contributed by atoms with E-state index in [9.17, 15) is 9.59 Å². The van der Waals surface area contributed by atoms with Gasteiger partial charge in [0.2, 0.25) is 5.91 Å². The van der Waals surface area contributed by atoms with Crippen LogP contribution in [0.5, 0.6) is 5.75 Å². The van der Waals surface area contributed by atoms with E-state index in [1.807, 2.05) is 12.1 Å². The molecule has 0 spiro atoms. The lowest BCUT2D eigenvalue weighted by Crippen LogP contribution is -2.21. The summed E-state index contributed by atoms with van der Waals surface area (Å²) in [5, 5.41) is 9.79. The molecule has 4 N–H and O–H groups in total. The maximum absolute atomic E-state index is 12.5. The summed E-state index contributed by atoms with van der Waals surface area (Å²) in [6, 6.07) is 6.06. The van der Waals surface area contributed by atoms with Crippen molar-refractivity contribution in [2.45, 2.75) is 25.2 Å². The maximum Gasteiger partial charge on any atom is 0.267 e. The fraction of sp³-hybridized carbons (Fsp3) is 0.316. The molecule has 0 fully saturated rings. The van der Waals surface area contributed by atoms with Crippen LogP contribution in [0.2, 0.25) is 0 Å². The fourth-order valence-electron chi connectivity index (χ4n) is 3.67. The highest BCUT2D eigenvalue weighted by Crippen LogP contribution is 2.30. The molecule has 4 rings (SSSR count). The van der Waals surface area contributed by atoms with Crippen molar-refractivity contribution in [3.05, 3.63) is 68.9 Å². The molecule has 0 bridgehead atoms. The summed E-state index contributed by atoms with van der Waals surface area (Å²) >= 11 is 0. The Morgan fingerprint density at radius 3 is 3.00 bits per heavy atom. The number of amides is 1. The second-order valence-corrected chi connectivity index (χ2v) is 6.86. The smallest absolute Gasteiger partial charge is 0.267 e. The zero-order chi connectivity index (χ0) is 19.0. The van der Waals surface area contributed by atoms with E-state index in [0.717, 1.165) is 29.0 Å². The van der Waals surface area contributed by atoms with Gasteiger partial charge in [0, 0.05) is 49.7 Å². The molecule has 3 heterocycles. The first kappa shape index (κ1) is 17.1. The van der Waals surface area contributed by atoms with Crippen LogP contribution in [-0.4, -0.2) is 32.5 Å². The molecule has 3 aromatic rings. The van der Waals surface area contributed by atoms with Crippen LogP contribution in [0.25, 0.3) is 0 Å². The highest BCUT2D eigenvalue weighted by Gasteiger charge is 2.26. The molecule has 0 aliphatic carbocycles. The monoisotopic (exact) mass is 367 g/mol. The minimum Gasteiger partial charge on any atom is -0.493 e. The molecule has 1 atom stereocenters. The number of hydrogen-bond acceptors (Lipinski definition) is 4. The molecule has 2 aromatic heterocycles. The van der Waals surface area contributed by atoms with Gasteiger partial charge in [0.25, 0.3) is 5.56 Å². The van der Waals surface area contributed by atoms with Gasteiger partial charge in [0.15, 0.2) is 0 Å². The number of aromatic amines is 2. The van der Waals surface area contributed by atoms with E-state index in [-0.39, 0.29) is 12.0 Å². The average Bonchev–Trinajstić information content (AvgIpc) is 3.33. The lowest BCUT2D eigenvalue weighted by Gasteiger charge is -2.14. The lowest BCUT2D eigenvalue weighted by molar-refractivity contribution is -0.118. The Kier molecular flexibility index (Phi) is 4.31. The molecule has 27 heavy (non-hydrogen) atoms. The van der Waals surface area contributed by atoms with E-state index in [4.69, 9.17) is 10.5 Å². The minimum absolute atomic E-state index is 0.0393. The van der Waals surface area contributed by atoms with Gasteiger partial charge in [-0.1, -0.05) is 12.1 Å². The van der Waals surface area contributed by atoms with E-state index < -0.39 is 11.8 Å². The number of nitrogens with two attached hydrogens (primary N) is 1. The Labute approximate surface area is 155 Å². The van der Waals surface area contributed by atoms with Crippen LogP contribution in [0.3, 0.4) is 0 Å².